The van der Waals surface area contributed by atoms with E-state index in [0.717, 1.165) is 11.3 Å². The molecule has 1 aromatic rings. The smallest absolute Gasteiger partial charge is 0.317 e. The number of nitrogens with one attached hydrogen (secondary N) is 2. The van der Waals surface area contributed by atoms with Gasteiger partial charge in [-0.3, -0.25) is 9.59 Å². The summed E-state index contributed by atoms with van der Waals surface area (Å²) < 4.78 is 0. The Bertz CT molecular complexity index is 524. The van der Waals surface area contributed by atoms with E-state index in [4.69, 9.17) is 5.11 Å². The Labute approximate surface area is 113 Å². The van der Waals surface area contributed by atoms with E-state index < -0.39 is 11.9 Å². The van der Waals surface area contributed by atoms with Crippen LogP contribution < -0.4 is 10.2 Å². The van der Waals surface area contributed by atoms with E-state index in [1.54, 1.807) is 5.38 Å². The largest absolute Gasteiger partial charge is 0.481 e. The van der Waals surface area contributed by atoms with Gasteiger partial charge in [0.1, 0.15) is 0 Å². The minimum Gasteiger partial charge on any atom is -0.481 e. The lowest BCUT2D eigenvalue weighted by atomic mass is 9.99. The maximum atomic E-state index is 11.9. The van der Waals surface area contributed by atoms with E-state index in [9.17, 15) is 14.4 Å². The van der Waals surface area contributed by atoms with E-state index in [1.165, 1.54) is 4.90 Å². The molecule has 0 aromatic carbocycles. The lowest BCUT2D eigenvalue weighted by Gasteiger charge is -2.30. The predicted octanol–water partition coefficient (Wildman–Crippen LogP) is 0.443. The molecule has 1 atom stereocenters. The minimum atomic E-state index is -0.861. The number of amides is 2. The summed E-state index contributed by atoms with van der Waals surface area (Å²) in [6.45, 7) is 1.04. The van der Waals surface area contributed by atoms with Crippen LogP contribution in [-0.2, 0) is 11.3 Å². The van der Waals surface area contributed by atoms with Gasteiger partial charge in [-0.1, -0.05) is 11.3 Å². The molecule has 0 saturated carbocycles. The van der Waals surface area contributed by atoms with Gasteiger partial charge in [-0.05, 0) is 12.8 Å². The van der Waals surface area contributed by atoms with E-state index in [1.807, 2.05) is 0 Å². The van der Waals surface area contributed by atoms with Gasteiger partial charge in [0.05, 0.1) is 12.5 Å². The molecule has 1 saturated heterocycles. The third-order valence-corrected chi connectivity index (χ3v) is 3.78. The summed E-state index contributed by atoms with van der Waals surface area (Å²) in [4.78, 5) is 37.7. The Hall–Kier alpha value is -1.83. The first-order chi connectivity index (χ1) is 9.06. The van der Waals surface area contributed by atoms with E-state index in [2.05, 4.69) is 10.3 Å². The maximum absolute atomic E-state index is 11.9. The van der Waals surface area contributed by atoms with E-state index >= 15 is 0 Å². The van der Waals surface area contributed by atoms with Gasteiger partial charge >= 0.3 is 16.9 Å². The zero-order valence-corrected chi connectivity index (χ0v) is 11.0. The number of aromatic amines is 1. The number of carboxylic acids is 1. The van der Waals surface area contributed by atoms with Crippen molar-refractivity contribution >= 4 is 23.3 Å². The second kappa shape index (κ2) is 5.87. The van der Waals surface area contributed by atoms with E-state index in [0.29, 0.717) is 25.1 Å². The molecule has 2 heterocycles. The van der Waals surface area contributed by atoms with Crippen LogP contribution in [0.25, 0.3) is 0 Å². The summed E-state index contributed by atoms with van der Waals surface area (Å²) in [5, 5.41) is 13.3. The summed E-state index contributed by atoms with van der Waals surface area (Å²) in [6, 6.07) is -0.294. The lowest BCUT2D eigenvalue weighted by molar-refractivity contribution is -0.143. The molecule has 1 aliphatic rings. The van der Waals surface area contributed by atoms with Gasteiger partial charge in [0.15, 0.2) is 0 Å². The lowest BCUT2D eigenvalue weighted by Crippen LogP contribution is -2.46. The average Bonchev–Trinajstić information content (AvgIpc) is 2.82. The molecular weight excluding hydrogens is 270 g/mol. The van der Waals surface area contributed by atoms with Crippen molar-refractivity contribution in [3.8, 4) is 0 Å². The van der Waals surface area contributed by atoms with Crippen molar-refractivity contribution in [1.29, 1.82) is 0 Å². The molecule has 104 valence electrons. The van der Waals surface area contributed by atoms with E-state index in [-0.39, 0.29) is 24.0 Å². The second-order valence-electron chi connectivity index (χ2n) is 4.46. The normalized spacial score (nSPS) is 19.2. The maximum Gasteiger partial charge on any atom is 0.317 e. The first kappa shape index (κ1) is 13.6. The van der Waals surface area contributed by atoms with Crippen LogP contribution in [0.3, 0.4) is 0 Å². The number of urea groups is 1. The molecule has 1 aromatic heterocycles. The number of likely N-dealkylation sites (tertiary alicyclic amines) is 1. The predicted molar refractivity (Wildman–Crippen MR) is 69.1 cm³/mol. The summed E-state index contributed by atoms with van der Waals surface area (Å²) in [5.74, 6) is -1.35. The van der Waals surface area contributed by atoms with Crippen molar-refractivity contribution in [3.05, 3.63) is 20.7 Å². The molecule has 8 heteroatoms. The number of aromatic nitrogens is 1. The van der Waals surface area contributed by atoms with Crippen molar-refractivity contribution in [2.24, 2.45) is 5.92 Å². The van der Waals surface area contributed by atoms with Crippen LogP contribution >= 0.6 is 11.3 Å². The molecule has 0 aliphatic carbocycles. The monoisotopic (exact) mass is 285 g/mol. The van der Waals surface area contributed by atoms with Gasteiger partial charge in [-0.25, -0.2) is 4.79 Å². The second-order valence-corrected chi connectivity index (χ2v) is 5.30. The van der Waals surface area contributed by atoms with Crippen LogP contribution in [0, 0.1) is 5.92 Å². The average molecular weight is 285 g/mol. The number of carbonyl (C=O) groups is 2. The number of carbonyl (C=O) groups excluding carboxylic acids is 1. The molecule has 2 rings (SSSR count). The molecule has 0 radical (unpaired) electrons. The highest BCUT2D eigenvalue weighted by atomic mass is 32.1. The molecule has 7 nitrogen and oxygen atoms in total. The third kappa shape index (κ3) is 3.57. The Kier molecular flexibility index (Phi) is 4.20. The molecule has 0 unspecified atom stereocenters. The van der Waals surface area contributed by atoms with Crippen molar-refractivity contribution in [2.45, 2.75) is 19.4 Å². The number of nitrogens with zero attached hydrogens (tertiary/aromatic N) is 1. The molecule has 1 aliphatic heterocycles. The van der Waals surface area contributed by atoms with Gasteiger partial charge in [-0.2, -0.15) is 0 Å². The summed E-state index contributed by atoms with van der Waals surface area (Å²) >= 11 is 1.04. The number of rotatable bonds is 3. The zero-order chi connectivity index (χ0) is 13.8. The SMILES string of the molecule is O=C(O)[C@@H]1CCCN(C(=O)NCc2csc(=O)[nH]2)C1. The van der Waals surface area contributed by atoms with Crippen molar-refractivity contribution < 1.29 is 14.7 Å². The van der Waals surface area contributed by atoms with Crippen LogP contribution in [0.4, 0.5) is 4.79 Å². The van der Waals surface area contributed by atoms with Gasteiger partial charge < -0.3 is 20.3 Å². The highest BCUT2D eigenvalue weighted by Crippen LogP contribution is 2.16. The minimum absolute atomic E-state index is 0.159. The first-order valence-electron chi connectivity index (χ1n) is 5.98. The summed E-state index contributed by atoms with van der Waals surface area (Å²) in [7, 11) is 0. The van der Waals surface area contributed by atoms with Gasteiger partial charge in [0.25, 0.3) is 0 Å². The van der Waals surface area contributed by atoms with Gasteiger partial charge in [0, 0.05) is 24.2 Å². The quantitative estimate of drug-likeness (QED) is 0.750. The highest BCUT2D eigenvalue weighted by Gasteiger charge is 2.27. The van der Waals surface area contributed by atoms with Crippen molar-refractivity contribution in [2.75, 3.05) is 13.1 Å². The highest BCUT2D eigenvalue weighted by molar-refractivity contribution is 7.07. The third-order valence-electron chi connectivity index (χ3n) is 3.06. The standard InChI is InChI=1S/C11H15N3O4S/c15-9(16)7-2-1-3-14(5-7)10(17)12-4-8-6-19-11(18)13-8/h6-7H,1-5H2,(H,12,17)(H,13,18)(H,15,16)/t7-/m1/s1. The number of carboxylic acid groups (broad SMARTS) is 1. The fraction of sp³-hybridized carbons (Fsp3) is 0.545. The fourth-order valence-corrected chi connectivity index (χ4v) is 2.63. The van der Waals surface area contributed by atoms with Crippen LogP contribution in [0.1, 0.15) is 18.5 Å². The summed E-state index contributed by atoms with van der Waals surface area (Å²) in [6.07, 6.45) is 1.30. The van der Waals surface area contributed by atoms with Crippen LogP contribution in [0.2, 0.25) is 0 Å². The van der Waals surface area contributed by atoms with Crippen molar-refractivity contribution in [1.82, 2.24) is 15.2 Å². The van der Waals surface area contributed by atoms with Crippen LogP contribution in [0.15, 0.2) is 10.2 Å². The number of piperidine rings is 1. The Balaban J connectivity index is 1.85. The topological polar surface area (TPSA) is 102 Å². The molecule has 2 amide bonds. The Morgan fingerprint density at radius 1 is 1.58 bits per heavy atom. The van der Waals surface area contributed by atoms with Gasteiger partial charge in [0.2, 0.25) is 0 Å². The number of H-pyrrole nitrogens is 1. The van der Waals surface area contributed by atoms with Crippen LogP contribution in [0.5, 0.6) is 0 Å². The number of hydrogen-bond acceptors (Lipinski definition) is 4. The molecule has 0 bridgehead atoms. The molecular formula is C11H15N3O4S. The van der Waals surface area contributed by atoms with Gasteiger partial charge in [-0.15, -0.1) is 0 Å². The van der Waals surface area contributed by atoms with Crippen molar-refractivity contribution in [3.63, 3.8) is 0 Å². The number of hydrogen-bond donors (Lipinski definition) is 3. The molecule has 19 heavy (non-hydrogen) atoms. The molecule has 3 N–H and O–H groups in total. The fourth-order valence-electron chi connectivity index (χ4n) is 2.05. The first-order valence-corrected chi connectivity index (χ1v) is 6.86. The Morgan fingerprint density at radius 3 is 3.00 bits per heavy atom. The summed E-state index contributed by atoms with van der Waals surface area (Å²) in [5.41, 5.74) is 0.648. The molecule has 0 spiro atoms. The zero-order valence-electron chi connectivity index (χ0n) is 10.2. The Morgan fingerprint density at radius 2 is 2.37 bits per heavy atom. The van der Waals surface area contributed by atoms with Crippen LogP contribution in [-0.4, -0.2) is 40.1 Å². The number of aliphatic carboxylic acids is 1. The number of thiazole rings is 1. The molecule has 1 fully saturated rings.